The lowest BCUT2D eigenvalue weighted by Gasteiger charge is -2.07. The van der Waals surface area contributed by atoms with Gasteiger partial charge in [-0.25, -0.2) is 0 Å². The summed E-state index contributed by atoms with van der Waals surface area (Å²) in [6.45, 7) is 0.693. The predicted octanol–water partition coefficient (Wildman–Crippen LogP) is 2.11. The number of aromatic nitrogens is 2. The summed E-state index contributed by atoms with van der Waals surface area (Å²) in [5, 5.41) is 12.3. The molecule has 7 nitrogen and oxygen atoms in total. The van der Waals surface area contributed by atoms with Gasteiger partial charge in [0.1, 0.15) is 0 Å². The van der Waals surface area contributed by atoms with Gasteiger partial charge in [0, 0.05) is 25.7 Å². The minimum atomic E-state index is -0.327. The van der Waals surface area contributed by atoms with Crippen LogP contribution < -0.4 is 10.6 Å². The van der Waals surface area contributed by atoms with Crippen molar-refractivity contribution in [3.05, 3.63) is 66.2 Å². The van der Waals surface area contributed by atoms with Gasteiger partial charge in [-0.05, 0) is 29.3 Å². The Labute approximate surface area is 144 Å². The Hall–Kier alpha value is -3.35. The number of carbonyl (C=O) groups excluding carboxylic acids is 2. The number of aromatic amines is 1. The lowest BCUT2D eigenvalue weighted by Crippen LogP contribution is -2.30. The number of hydrogen-bond acceptors (Lipinski definition) is 4. The van der Waals surface area contributed by atoms with Gasteiger partial charge < -0.3 is 15.1 Å². The summed E-state index contributed by atoms with van der Waals surface area (Å²) in [4.78, 5) is 23.5. The van der Waals surface area contributed by atoms with Gasteiger partial charge in [-0.2, -0.15) is 5.10 Å². The zero-order valence-corrected chi connectivity index (χ0v) is 13.5. The highest BCUT2D eigenvalue weighted by molar-refractivity contribution is 5.91. The third-order valence-corrected chi connectivity index (χ3v) is 3.64. The number of hydrogen-bond donors (Lipinski definition) is 3. The summed E-state index contributed by atoms with van der Waals surface area (Å²) >= 11 is 0. The molecule has 3 N–H and O–H groups in total. The summed E-state index contributed by atoms with van der Waals surface area (Å²) < 4.78 is 4.98. The number of nitrogens with zero attached hydrogens (tertiary/aromatic N) is 1. The van der Waals surface area contributed by atoms with Gasteiger partial charge in [0.15, 0.2) is 5.76 Å². The molecule has 2 aromatic heterocycles. The van der Waals surface area contributed by atoms with Gasteiger partial charge in [0.05, 0.1) is 12.0 Å². The molecule has 0 unspecified atom stereocenters. The number of nitrogens with one attached hydrogen (secondary N) is 3. The van der Waals surface area contributed by atoms with Crippen LogP contribution in [0.4, 0.5) is 0 Å². The maximum Gasteiger partial charge on any atom is 0.286 e. The van der Waals surface area contributed by atoms with Crippen LogP contribution in [0.5, 0.6) is 0 Å². The second-order valence-corrected chi connectivity index (χ2v) is 5.43. The van der Waals surface area contributed by atoms with E-state index in [1.165, 1.54) is 6.26 Å². The predicted molar refractivity (Wildman–Crippen MR) is 91.5 cm³/mol. The molecule has 2 heterocycles. The fourth-order valence-corrected chi connectivity index (χ4v) is 2.29. The molecule has 3 aromatic rings. The highest BCUT2D eigenvalue weighted by Crippen LogP contribution is 2.16. The van der Waals surface area contributed by atoms with Crippen LogP contribution in [0.1, 0.15) is 22.5 Å². The van der Waals surface area contributed by atoms with Gasteiger partial charge in [-0.3, -0.25) is 14.7 Å². The summed E-state index contributed by atoms with van der Waals surface area (Å²) in [6, 6.07) is 13.0. The number of H-pyrrole nitrogens is 1. The molecule has 0 aliphatic rings. The molecule has 1 aromatic carbocycles. The summed E-state index contributed by atoms with van der Waals surface area (Å²) in [6.07, 6.45) is 3.34. The first-order valence-electron chi connectivity index (χ1n) is 7.89. The molecule has 3 rings (SSSR count). The SMILES string of the molecule is O=C(CCNC(=O)c1ccco1)NCc1ccc(-c2ccn[nH]2)cc1. The van der Waals surface area contributed by atoms with E-state index in [9.17, 15) is 9.59 Å². The largest absolute Gasteiger partial charge is 0.459 e. The van der Waals surface area contributed by atoms with Crippen molar-refractivity contribution in [3.63, 3.8) is 0 Å². The first-order chi connectivity index (χ1) is 12.2. The number of benzene rings is 1. The summed E-state index contributed by atoms with van der Waals surface area (Å²) in [5.74, 6) is -0.220. The topological polar surface area (TPSA) is 100 Å². The van der Waals surface area contributed by atoms with Gasteiger partial charge in [-0.15, -0.1) is 0 Å². The van der Waals surface area contributed by atoms with E-state index in [4.69, 9.17) is 4.42 Å². The highest BCUT2D eigenvalue weighted by atomic mass is 16.3. The first kappa shape index (κ1) is 16.5. The van der Waals surface area contributed by atoms with Crippen molar-refractivity contribution < 1.29 is 14.0 Å². The van der Waals surface area contributed by atoms with E-state index < -0.39 is 0 Å². The Morgan fingerprint density at radius 2 is 1.92 bits per heavy atom. The van der Waals surface area contributed by atoms with Crippen molar-refractivity contribution in [3.8, 4) is 11.3 Å². The lowest BCUT2D eigenvalue weighted by molar-refractivity contribution is -0.121. The van der Waals surface area contributed by atoms with Crippen LogP contribution in [-0.2, 0) is 11.3 Å². The number of carbonyl (C=O) groups is 2. The smallest absolute Gasteiger partial charge is 0.286 e. The van der Waals surface area contributed by atoms with Gasteiger partial charge in [0.2, 0.25) is 5.91 Å². The minimum Gasteiger partial charge on any atom is -0.459 e. The van der Waals surface area contributed by atoms with Crippen LogP contribution in [0.25, 0.3) is 11.3 Å². The van der Waals surface area contributed by atoms with Crippen LogP contribution in [0, 0.1) is 0 Å². The minimum absolute atomic E-state index is 0.127. The Balaban J connectivity index is 1.39. The van der Waals surface area contributed by atoms with Gasteiger partial charge in [-0.1, -0.05) is 24.3 Å². The molecule has 0 saturated heterocycles. The van der Waals surface area contributed by atoms with E-state index in [1.807, 2.05) is 30.3 Å². The molecule has 0 bridgehead atoms. The standard InChI is InChI=1S/C18H18N4O3/c23-17(8-9-19-18(24)16-2-1-11-25-16)20-12-13-3-5-14(6-4-13)15-7-10-21-22-15/h1-7,10-11H,8-9,12H2,(H,19,24)(H,20,23)(H,21,22). The van der Waals surface area contributed by atoms with E-state index in [1.54, 1.807) is 18.3 Å². The second kappa shape index (κ2) is 7.96. The third kappa shape index (κ3) is 4.57. The molecular formula is C18H18N4O3. The van der Waals surface area contributed by atoms with Crippen LogP contribution in [0.15, 0.2) is 59.3 Å². The highest BCUT2D eigenvalue weighted by Gasteiger charge is 2.08. The molecule has 128 valence electrons. The summed E-state index contributed by atoms with van der Waals surface area (Å²) in [7, 11) is 0. The fourth-order valence-electron chi connectivity index (χ4n) is 2.29. The second-order valence-electron chi connectivity index (χ2n) is 5.43. The number of furan rings is 1. The Kier molecular flexibility index (Phi) is 5.26. The van der Waals surface area contributed by atoms with Gasteiger partial charge >= 0.3 is 0 Å². The van der Waals surface area contributed by atoms with Crippen LogP contribution >= 0.6 is 0 Å². The average molecular weight is 338 g/mol. The summed E-state index contributed by atoms with van der Waals surface area (Å²) in [5.41, 5.74) is 2.98. The number of amides is 2. The molecule has 0 radical (unpaired) electrons. The van der Waals surface area contributed by atoms with Crippen molar-refractivity contribution in [1.82, 2.24) is 20.8 Å². The Morgan fingerprint density at radius 3 is 2.60 bits per heavy atom. The molecule has 0 saturated carbocycles. The first-order valence-corrected chi connectivity index (χ1v) is 7.89. The van der Waals surface area contributed by atoms with Crippen molar-refractivity contribution in [2.24, 2.45) is 0 Å². The Morgan fingerprint density at radius 1 is 1.08 bits per heavy atom. The van der Waals surface area contributed by atoms with Crippen LogP contribution in [0.2, 0.25) is 0 Å². The van der Waals surface area contributed by atoms with Crippen molar-refractivity contribution in [1.29, 1.82) is 0 Å². The molecule has 7 heteroatoms. The molecule has 25 heavy (non-hydrogen) atoms. The molecule has 0 aliphatic heterocycles. The number of rotatable bonds is 7. The maximum absolute atomic E-state index is 11.8. The average Bonchev–Trinajstić information content (AvgIpc) is 3.34. The monoisotopic (exact) mass is 338 g/mol. The van der Waals surface area contributed by atoms with E-state index in [0.717, 1.165) is 16.8 Å². The van der Waals surface area contributed by atoms with E-state index in [-0.39, 0.29) is 30.5 Å². The fraction of sp³-hybridized carbons (Fsp3) is 0.167. The van der Waals surface area contributed by atoms with Crippen molar-refractivity contribution >= 4 is 11.8 Å². The third-order valence-electron chi connectivity index (χ3n) is 3.64. The Bertz CT molecular complexity index is 809. The van der Waals surface area contributed by atoms with Gasteiger partial charge in [0.25, 0.3) is 5.91 Å². The normalized spacial score (nSPS) is 10.4. The van der Waals surface area contributed by atoms with Crippen molar-refractivity contribution in [2.45, 2.75) is 13.0 Å². The molecule has 2 amide bonds. The zero-order chi connectivity index (χ0) is 17.5. The van der Waals surface area contributed by atoms with Crippen LogP contribution in [-0.4, -0.2) is 28.6 Å². The van der Waals surface area contributed by atoms with Crippen molar-refractivity contribution in [2.75, 3.05) is 6.54 Å². The zero-order valence-electron chi connectivity index (χ0n) is 13.5. The van der Waals surface area contributed by atoms with E-state index in [2.05, 4.69) is 20.8 Å². The molecule has 0 spiro atoms. The lowest BCUT2D eigenvalue weighted by atomic mass is 10.1. The molecule has 0 fully saturated rings. The van der Waals surface area contributed by atoms with E-state index >= 15 is 0 Å². The maximum atomic E-state index is 11.8. The molecule has 0 aliphatic carbocycles. The van der Waals surface area contributed by atoms with Crippen LogP contribution in [0.3, 0.4) is 0 Å². The van der Waals surface area contributed by atoms with E-state index in [0.29, 0.717) is 6.54 Å². The molecule has 0 atom stereocenters. The molecular weight excluding hydrogens is 320 g/mol. The quantitative estimate of drug-likeness (QED) is 0.614.